The van der Waals surface area contributed by atoms with E-state index in [-0.39, 0.29) is 0 Å². The molecular weight excluding hydrogens is 148 g/mol. The van der Waals surface area contributed by atoms with Crippen LogP contribution in [0.25, 0.3) is 0 Å². The lowest BCUT2D eigenvalue weighted by Crippen LogP contribution is -2.32. The highest BCUT2D eigenvalue weighted by Crippen LogP contribution is 2.33. The average molecular weight is 161 g/mol. The SMILES string of the molecule is ClC1CC(OCC2CC2)C1. The van der Waals surface area contributed by atoms with Gasteiger partial charge in [-0.1, -0.05) is 0 Å². The number of halogens is 1. The van der Waals surface area contributed by atoms with Crippen LogP contribution in [0.4, 0.5) is 0 Å². The Morgan fingerprint density at radius 1 is 1.30 bits per heavy atom. The second kappa shape index (κ2) is 2.71. The topological polar surface area (TPSA) is 9.23 Å². The van der Waals surface area contributed by atoms with Crippen molar-refractivity contribution >= 4 is 11.6 Å². The summed E-state index contributed by atoms with van der Waals surface area (Å²) in [7, 11) is 0. The molecule has 0 heterocycles. The normalized spacial score (nSPS) is 39.3. The molecule has 1 nitrogen and oxygen atoms in total. The molecule has 0 spiro atoms. The Morgan fingerprint density at radius 3 is 2.50 bits per heavy atom. The van der Waals surface area contributed by atoms with Crippen molar-refractivity contribution in [2.45, 2.75) is 37.2 Å². The van der Waals surface area contributed by atoms with Crippen LogP contribution in [0.3, 0.4) is 0 Å². The van der Waals surface area contributed by atoms with Crippen LogP contribution in [0.5, 0.6) is 0 Å². The summed E-state index contributed by atoms with van der Waals surface area (Å²) in [6, 6.07) is 0. The lowest BCUT2D eigenvalue weighted by Gasteiger charge is -2.30. The zero-order valence-electron chi connectivity index (χ0n) is 6.05. The minimum absolute atomic E-state index is 0.407. The first-order valence-corrected chi connectivity index (χ1v) is 4.54. The molecule has 0 unspecified atom stereocenters. The number of alkyl halides is 1. The monoisotopic (exact) mass is 160 g/mol. The lowest BCUT2D eigenvalue weighted by atomic mass is 9.95. The highest BCUT2D eigenvalue weighted by molar-refractivity contribution is 6.21. The second-order valence-corrected chi connectivity index (χ2v) is 4.08. The standard InChI is InChI=1S/C8H13ClO/c9-7-3-8(4-7)10-5-6-1-2-6/h6-8H,1-5H2. The third-order valence-corrected chi connectivity index (χ3v) is 2.66. The van der Waals surface area contributed by atoms with Crippen molar-refractivity contribution in [2.24, 2.45) is 5.92 Å². The molecule has 2 saturated carbocycles. The average Bonchev–Trinajstić information content (AvgIpc) is 2.60. The molecule has 0 aromatic rings. The summed E-state index contributed by atoms with van der Waals surface area (Å²) in [5.74, 6) is 0.898. The van der Waals surface area contributed by atoms with Crippen molar-refractivity contribution in [2.75, 3.05) is 6.61 Å². The number of hydrogen-bond acceptors (Lipinski definition) is 1. The van der Waals surface area contributed by atoms with E-state index >= 15 is 0 Å². The van der Waals surface area contributed by atoms with Gasteiger partial charge >= 0.3 is 0 Å². The molecular formula is C8H13ClO. The van der Waals surface area contributed by atoms with Gasteiger partial charge in [-0.05, 0) is 31.6 Å². The highest BCUT2D eigenvalue weighted by atomic mass is 35.5. The van der Waals surface area contributed by atoms with Gasteiger partial charge in [0.25, 0.3) is 0 Å². The van der Waals surface area contributed by atoms with Gasteiger partial charge in [-0.3, -0.25) is 0 Å². The van der Waals surface area contributed by atoms with Gasteiger partial charge in [-0.25, -0.2) is 0 Å². The Kier molecular flexibility index (Phi) is 1.88. The van der Waals surface area contributed by atoms with E-state index in [4.69, 9.17) is 16.3 Å². The first-order chi connectivity index (χ1) is 4.84. The van der Waals surface area contributed by atoms with E-state index < -0.39 is 0 Å². The fourth-order valence-electron chi connectivity index (χ4n) is 1.19. The van der Waals surface area contributed by atoms with Crippen molar-refractivity contribution < 1.29 is 4.74 Å². The molecule has 0 radical (unpaired) electrons. The summed E-state index contributed by atoms with van der Waals surface area (Å²) >= 11 is 5.79. The first-order valence-electron chi connectivity index (χ1n) is 4.10. The third kappa shape index (κ3) is 1.64. The van der Waals surface area contributed by atoms with E-state index in [1.807, 2.05) is 0 Å². The van der Waals surface area contributed by atoms with Gasteiger partial charge in [0, 0.05) is 12.0 Å². The van der Waals surface area contributed by atoms with Crippen molar-refractivity contribution in [1.82, 2.24) is 0 Å². The van der Waals surface area contributed by atoms with Gasteiger partial charge in [-0.15, -0.1) is 11.6 Å². The van der Waals surface area contributed by atoms with Crippen LogP contribution in [-0.2, 0) is 4.74 Å². The predicted molar refractivity (Wildman–Crippen MR) is 41.3 cm³/mol. The Hall–Kier alpha value is 0.250. The molecule has 58 valence electrons. The van der Waals surface area contributed by atoms with Crippen LogP contribution < -0.4 is 0 Å². The lowest BCUT2D eigenvalue weighted by molar-refractivity contribution is -0.000675. The molecule has 0 N–H and O–H groups in total. The van der Waals surface area contributed by atoms with Gasteiger partial charge in [0.15, 0.2) is 0 Å². The molecule has 0 aliphatic heterocycles. The maximum absolute atomic E-state index is 5.79. The summed E-state index contributed by atoms with van der Waals surface area (Å²) in [4.78, 5) is 0. The molecule has 2 aliphatic rings. The Balaban J connectivity index is 1.54. The fourth-order valence-corrected chi connectivity index (χ4v) is 1.59. The molecule has 2 aliphatic carbocycles. The van der Waals surface area contributed by atoms with Gasteiger partial charge < -0.3 is 4.74 Å². The quantitative estimate of drug-likeness (QED) is 0.576. The van der Waals surface area contributed by atoms with Crippen LogP contribution in [-0.4, -0.2) is 18.1 Å². The molecule has 0 saturated heterocycles. The Morgan fingerprint density at radius 2 is 2.00 bits per heavy atom. The van der Waals surface area contributed by atoms with Crippen molar-refractivity contribution in [3.63, 3.8) is 0 Å². The van der Waals surface area contributed by atoms with Gasteiger partial charge in [0.05, 0.1) is 6.10 Å². The van der Waals surface area contributed by atoms with E-state index in [0.717, 1.165) is 25.4 Å². The fraction of sp³-hybridized carbons (Fsp3) is 1.00. The third-order valence-electron chi connectivity index (χ3n) is 2.30. The molecule has 2 fully saturated rings. The maximum Gasteiger partial charge on any atom is 0.0603 e. The molecule has 0 bridgehead atoms. The predicted octanol–water partition coefficient (Wildman–Crippen LogP) is 2.18. The molecule has 0 aromatic carbocycles. The number of rotatable bonds is 3. The Bertz CT molecular complexity index is 116. The van der Waals surface area contributed by atoms with Gasteiger partial charge in [0.1, 0.15) is 0 Å². The molecule has 0 amide bonds. The van der Waals surface area contributed by atoms with Crippen LogP contribution in [0.15, 0.2) is 0 Å². The van der Waals surface area contributed by atoms with Crippen LogP contribution in [0.2, 0.25) is 0 Å². The van der Waals surface area contributed by atoms with Crippen LogP contribution in [0, 0.1) is 5.92 Å². The molecule has 10 heavy (non-hydrogen) atoms. The van der Waals surface area contributed by atoms with Crippen LogP contribution >= 0.6 is 11.6 Å². The summed E-state index contributed by atoms with van der Waals surface area (Å²) in [5.41, 5.74) is 0. The van der Waals surface area contributed by atoms with E-state index in [2.05, 4.69) is 0 Å². The molecule has 2 heteroatoms. The molecule has 0 atom stereocenters. The summed E-state index contributed by atoms with van der Waals surface area (Å²) in [6.07, 6.45) is 5.43. The van der Waals surface area contributed by atoms with Gasteiger partial charge in [0.2, 0.25) is 0 Å². The van der Waals surface area contributed by atoms with Crippen molar-refractivity contribution in [3.05, 3.63) is 0 Å². The summed E-state index contributed by atoms with van der Waals surface area (Å²) in [6.45, 7) is 0.994. The van der Waals surface area contributed by atoms with E-state index in [1.165, 1.54) is 12.8 Å². The highest BCUT2D eigenvalue weighted by Gasteiger charge is 2.30. The van der Waals surface area contributed by atoms with E-state index in [0.29, 0.717) is 11.5 Å². The zero-order chi connectivity index (χ0) is 6.97. The molecule has 0 aromatic heterocycles. The van der Waals surface area contributed by atoms with E-state index in [9.17, 15) is 0 Å². The first kappa shape index (κ1) is 6.93. The van der Waals surface area contributed by atoms with Crippen molar-refractivity contribution in [3.8, 4) is 0 Å². The van der Waals surface area contributed by atoms with Crippen molar-refractivity contribution in [1.29, 1.82) is 0 Å². The summed E-state index contributed by atoms with van der Waals surface area (Å²) in [5, 5.41) is 0.407. The molecule has 2 rings (SSSR count). The Labute approximate surface area is 66.7 Å². The van der Waals surface area contributed by atoms with E-state index in [1.54, 1.807) is 0 Å². The number of hydrogen-bond donors (Lipinski definition) is 0. The minimum atomic E-state index is 0.407. The second-order valence-electron chi connectivity index (χ2n) is 3.47. The minimum Gasteiger partial charge on any atom is -0.378 e. The number of ether oxygens (including phenoxy) is 1. The largest absolute Gasteiger partial charge is 0.378 e. The van der Waals surface area contributed by atoms with Gasteiger partial charge in [-0.2, -0.15) is 0 Å². The van der Waals surface area contributed by atoms with Crippen LogP contribution in [0.1, 0.15) is 25.7 Å². The smallest absolute Gasteiger partial charge is 0.0603 e. The zero-order valence-corrected chi connectivity index (χ0v) is 6.81. The maximum atomic E-state index is 5.79. The summed E-state index contributed by atoms with van der Waals surface area (Å²) < 4.78 is 5.59.